The number of carboxylic acid groups (broad SMARTS) is 1. The summed E-state index contributed by atoms with van der Waals surface area (Å²) in [5.74, 6) is -3.71. The van der Waals surface area contributed by atoms with E-state index < -0.39 is 54.0 Å². The minimum atomic E-state index is -1.40. The maximum Gasteiger partial charge on any atom is 0.326 e. The first-order valence-electron chi connectivity index (χ1n) is 10.5. The number of carbonyl (C=O) groups is 4. The third kappa shape index (κ3) is 9.83. The number of H-pyrrole nitrogens is 1. The predicted molar refractivity (Wildman–Crippen MR) is 121 cm³/mol. The molecule has 1 aromatic heterocycles. The zero-order chi connectivity index (χ0) is 25.8. The Labute approximate surface area is 195 Å². The molecule has 15 heteroatoms. The van der Waals surface area contributed by atoms with Crippen molar-refractivity contribution in [1.29, 1.82) is 0 Å². The van der Waals surface area contributed by atoms with Crippen LogP contribution in [0.1, 0.15) is 32.4 Å². The number of hydrogen-bond acceptors (Lipinski definition) is 8. The highest BCUT2D eigenvalue weighted by Gasteiger charge is 2.31. The van der Waals surface area contributed by atoms with E-state index in [-0.39, 0.29) is 25.3 Å². The molecule has 0 aliphatic rings. The van der Waals surface area contributed by atoms with E-state index in [1.54, 1.807) is 0 Å². The average molecular weight is 484 g/mol. The summed E-state index contributed by atoms with van der Waals surface area (Å²) in [6, 6.07) is -4.81. The lowest BCUT2D eigenvalue weighted by Crippen LogP contribution is -2.59. The number of nitrogens with one attached hydrogen (secondary N) is 4. The number of carboxylic acids is 1. The summed E-state index contributed by atoms with van der Waals surface area (Å²) < 4.78 is 0. The molecule has 0 bridgehead atoms. The SMILES string of the molecule is CC(NC(=O)C(NC(=O)C(N)Cc1cnc[nH]1)C(C)O)C(=O)NC(CCCN=C(N)N)C(=O)O. The molecule has 3 amide bonds. The second-order valence-corrected chi connectivity index (χ2v) is 7.69. The van der Waals surface area contributed by atoms with Gasteiger partial charge in [-0.2, -0.15) is 0 Å². The third-order valence-corrected chi connectivity index (χ3v) is 4.71. The molecule has 5 unspecified atom stereocenters. The van der Waals surface area contributed by atoms with Crippen LogP contribution in [-0.2, 0) is 25.6 Å². The molecular weight excluding hydrogens is 450 g/mol. The standard InChI is InChI=1S/C19H33N9O6/c1-9(15(30)27-13(18(33)34)4-3-5-24-19(21)22)26-17(32)14(10(2)29)28-16(31)12(20)6-11-7-23-8-25-11/h7-10,12-14,29H,3-6,20H2,1-2H3,(H,23,25)(H,26,32)(H,27,30)(H,28,31)(H,33,34)(H4,21,22,24). The van der Waals surface area contributed by atoms with Crippen LogP contribution in [0.5, 0.6) is 0 Å². The van der Waals surface area contributed by atoms with Crippen molar-refractivity contribution in [3.05, 3.63) is 18.2 Å². The molecule has 15 nitrogen and oxygen atoms in total. The van der Waals surface area contributed by atoms with Crippen LogP contribution in [0, 0.1) is 0 Å². The minimum absolute atomic E-state index is 0.0547. The van der Waals surface area contributed by atoms with Crippen LogP contribution in [0.2, 0.25) is 0 Å². The molecule has 5 atom stereocenters. The van der Waals surface area contributed by atoms with E-state index in [4.69, 9.17) is 17.2 Å². The Bertz CT molecular complexity index is 854. The molecule has 34 heavy (non-hydrogen) atoms. The number of hydrogen-bond donors (Lipinski definition) is 9. The van der Waals surface area contributed by atoms with E-state index in [1.165, 1.54) is 26.4 Å². The van der Waals surface area contributed by atoms with E-state index in [1.807, 2.05) is 0 Å². The molecule has 12 N–H and O–H groups in total. The second-order valence-electron chi connectivity index (χ2n) is 7.69. The van der Waals surface area contributed by atoms with Gasteiger partial charge in [-0.3, -0.25) is 19.4 Å². The summed E-state index contributed by atoms with van der Waals surface area (Å²) in [6.45, 7) is 2.80. The van der Waals surface area contributed by atoms with Crippen molar-refractivity contribution in [3.63, 3.8) is 0 Å². The Balaban J connectivity index is 2.66. The number of aromatic amines is 1. The number of guanidine groups is 1. The third-order valence-electron chi connectivity index (χ3n) is 4.71. The first kappa shape index (κ1) is 28.3. The van der Waals surface area contributed by atoms with Crippen LogP contribution in [0.15, 0.2) is 17.5 Å². The number of aliphatic carboxylic acids is 1. The number of aliphatic imine (C=N–C) groups is 1. The lowest BCUT2D eigenvalue weighted by Gasteiger charge is -2.25. The largest absolute Gasteiger partial charge is 0.480 e. The molecule has 0 aliphatic carbocycles. The van der Waals surface area contributed by atoms with Crippen LogP contribution in [0.4, 0.5) is 0 Å². The normalized spacial score (nSPS) is 15.2. The van der Waals surface area contributed by atoms with E-state index in [0.717, 1.165) is 0 Å². The maximum absolute atomic E-state index is 12.6. The number of rotatable bonds is 14. The summed E-state index contributed by atoms with van der Waals surface area (Å²) in [7, 11) is 0. The number of imidazole rings is 1. The van der Waals surface area contributed by atoms with E-state index in [0.29, 0.717) is 12.1 Å². The molecule has 0 aliphatic heterocycles. The van der Waals surface area contributed by atoms with Gasteiger partial charge in [0.05, 0.1) is 18.5 Å². The zero-order valence-corrected chi connectivity index (χ0v) is 19.0. The number of nitrogens with zero attached hydrogens (tertiary/aromatic N) is 2. The molecule has 0 spiro atoms. The highest BCUT2D eigenvalue weighted by molar-refractivity contribution is 5.94. The Morgan fingerprint density at radius 3 is 2.32 bits per heavy atom. The molecule has 1 rings (SSSR count). The minimum Gasteiger partial charge on any atom is -0.480 e. The van der Waals surface area contributed by atoms with Crippen LogP contribution in [0.25, 0.3) is 0 Å². The van der Waals surface area contributed by atoms with Gasteiger partial charge < -0.3 is 48.3 Å². The number of carbonyl (C=O) groups excluding carboxylic acids is 3. The molecule has 1 heterocycles. The van der Waals surface area contributed by atoms with Crippen molar-refractivity contribution < 1.29 is 29.4 Å². The van der Waals surface area contributed by atoms with Crippen molar-refractivity contribution in [2.24, 2.45) is 22.2 Å². The van der Waals surface area contributed by atoms with Crippen molar-refractivity contribution in [3.8, 4) is 0 Å². The molecule has 0 saturated heterocycles. The van der Waals surface area contributed by atoms with Gasteiger partial charge in [0, 0.05) is 24.9 Å². The quantitative estimate of drug-likeness (QED) is 0.0709. The summed E-state index contributed by atoms with van der Waals surface area (Å²) in [5.41, 5.74) is 16.9. The van der Waals surface area contributed by atoms with Gasteiger partial charge in [-0.25, -0.2) is 9.78 Å². The van der Waals surface area contributed by atoms with E-state index in [9.17, 15) is 29.4 Å². The van der Waals surface area contributed by atoms with Gasteiger partial charge in [-0.1, -0.05) is 0 Å². The second kappa shape index (κ2) is 13.7. The smallest absolute Gasteiger partial charge is 0.326 e. The van der Waals surface area contributed by atoms with Crippen molar-refractivity contribution in [1.82, 2.24) is 25.9 Å². The number of aliphatic hydroxyl groups excluding tert-OH is 1. The van der Waals surface area contributed by atoms with Gasteiger partial charge in [0.15, 0.2) is 5.96 Å². The van der Waals surface area contributed by atoms with E-state index >= 15 is 0 Å². The van der Waals surface area contributed by atoms with Gasteiger partial charge >= 0.3 is 5.97 Å². The Kier molecular flexibility index (Phi) is 11.4. The maximum atomic E-state index is 12.6. The Morgan fingerprint density at radius 2 is 1.79 bits per heavy atom. The highest BCUT2D eigenvalue weighted by atomic mass is 16.4. The average Bonchev–Trinajstić information content (AvgIpc) is 3.25. The summed E-state index contributed by atoms with van der Waals surface area (Å²) >= 11 is 0. The van der Waals surface area contributed by atoms with Crippen molar-refractivity contribution >= 4 is 29.7 Å². The topological polar surface area (TPSA) is 264 Å². The summed E-state index contributed by atoms with van der Waals surface area (Å²) in [6.07, 6.45) is 2.10. The molecule has 1 aromatic rings. The lowest BCUT2D eigenvalue weighted by molar-refractivity contribution is -0.142. The number of aromatic nitrogens is 2. The van der Waals surface area contributed by atoms with Gasteiger partial charge in [0.2, 0.25) is 17.7 Å². The first-order valence-corrected chi connectivity index (χ1v) is 10.5. The molecule has 0 fully saturated rings. The van der Waals surface area contributed by atoms with Crippen molar-refractivity contribution in [2.75, 3.05) is 6.54 Å². The fraction of sp³-hybridized carbons (Fsp3) is 0.579. The fourth-order valence-electron chi connectivity index (χ4n) is 2.82. The molecule has 0 aromatic carbocycles. The fourth-order valence-corrected chi connectivity index (χ4v) is 2.82. The summed E-state index contributed by atoms with van der Waals surface area (Å²) in [4.78, 5) is 59.1. The molecule has 190 valence electrons. The number of amides is 3. The number of aliphatic hydroxyl groups is 1. The predicted octanol–water partition coefficient (Wildman–Crippen LogP) is -3.73. The van der Waals surface area contributed by atoms with Crippen LogP contribution < -0.4 is 33.2 Å². The van der Waals surface area contributed by atoms with Gasteiger partial charge in [0.1, 0.15) is 18.1 Å². The van der Waals surface area contributed by atoms with Crippen LogP contribution in [-0.4, -0.2) is 86.6 Å². The lowest BCUT2D eigenvalue weighted by atomic mass is 10.1. The van der Waals surface area contributed by atoms with Crippen LogP contribution in [0.3, 0.4) is 0 Å². The first-order chi connectivity index (χ1) is 15.9. The van der Waals surface area contributed by atoms with Gasteiger partial charge in [-0.05, 0) is 26.7 Å². The zero-order valence-electron chi connectivity index (χ0n) is 19.0. The van der Waals surface area contributed by atoms with Crippen molar-refractivity contribution in [2.45, 2.75) is 63.4 Å². The van der Waals surface area contributed by atoms with Crippen LogP contribution >= 0.6 is 0 Å². The summed E-state index contributed by atoms with van der Waals surface area (Å²) in [5, 5.41) is 26.3. The van der Waals surface area contributed by atoms with Gasteiger partial charge in [0.25, 0.3) is 0 Å². The highest BCUT2D eigenvalue weighted by Crippen LogP contribution is 2.02. The van der Waals surface area contributed by atoms with Gasteiger partial charge in [-0.15, -0.1) is 0 Å². The molecule has 0 saturated carbocycles. The number of nitrogens with two attached hydrogens (primary N) is 3. The monoisotopic (exact) mass is 483 g/mol. The Morgan fingerprint density at radius 1 is 1.12 bits per heavy atom. The van der Waals surface area contributed by atoms with E-state index in [2.05, 4.69) is 30.9 Å². The Hall–Kier alpha value is -3.72. The molecule has 0 radical (unpaired) electrons. The molecular formula is C19H33N9O6.